The van der Waals surface area contributed by atoms with E-state index in [2.05, 4.69) is 30.6 Å². The summed E-state index contributed by atoms with van der Waals surface area (Å²) in [6.45, 7) is 8.49. The highest BCUT2D eigenvalue weighted by Crippen LogP contribution is 2.37. The maximum absolute atomic E-state index is 14.0. The summed E-state index contributed by atoms with van der Waals surface area (Å²) in [7, 11) is 2.52. The van der Waals surface area contributed by atoms with E-state index in [0.29, 0.717) is 87.1 Å². The third kappa shape index (κ3) is 7.72. The van der Waals surface area contributed by atoms with Crippen LogP contribution in [0, 0.1) is 11.8 Å². The first-order valence-electron chi connectivity index (χ1n) is 19.4. The van der Waals surface area contributed by atoms with E-state index < -0.39 is 24.3 Å². The number of aromatic nitrogens is 4. The van der Waals surface area contributed by atoms with Crippen molar-refractivity contribution < 1.29 is 33.1 Å². The average molecular weight is 815 g/mol. The van der Waals surface area contributed by atoms with E-state index in [1.54, 1.807) is 46.5 Å². The van der Waals surface area contributed by atoms with E-state index in [-0.39, 0.29) is 41.2 Å². The molecule has 0 aliphatic carbocycles. The maximum atomic E-state index is 14.0. The van der Waals surface area contributed by atoms with Crippen LogP contribution < -0.4 is 16.1 Å². The van der Waals surface area contributed by atoms with Crippen molar-refractivity contribution in [3.05, 3.63) is 69.6 Å². The number of rotatable bonds is 10. The molecule has 0 spiro atoms. The monoisotopic (exact) mass is 814 g/mol. The van der Waals surface area contributed by atoms with Crippen LogP contribution in [0.3, 0.4) is 0 Å². The second-order valence-electron chi connectivity index (χ2n) is 15.4. The van der Waals surface area contributed by atoms with Gasteiger partial charge >= 0.3 is 12.2 Å². The van der Waals surface area contributed by atoms with Crippen LogP contribution in [0.5, 0.6) is 0 Å². The lowest BCUT2D eigenvalue weighted by molar-refractivity contribution is -0.136. The highest BCUT2D eigenvalue weighted by molar-refractivity contribution is 6.34. The van der Waals surface area contributed by atoms with Crippen LogP contribution in [-0.2, 0) is 19.1 Å². The summed E-state index contributed by atoms with van der Waals surface area (Å²) in [6, 6.07) is 6.44. The Kier molecular flexibility index (Phi) is 11.5. The number of hydrogen-bond acceptors (Lipinski definition) is 10. The second-order valence-corrected chi connectivity index (χ2v) is 15.8. The molecule has 0 unspecified atom stereocenters. The van der Waals surface area contributed by atoms with Gasteiger partial charge in [0.15, 0.2) is 0 Å². The van der Waals surface area contributed by atoms with Gasteiger partial charge < -0.3 is 44.3 Å². The van der Waals surface area contributed by atoms with Crippen LogP contribution in [-0.4, -0.2) is 93.1 Å². The first-order chi connectivity index (χ1) is 27.8. The van der Waals surface area contributed by atoms with Crippen molar-refractivity contribution in [1.29, 1.82) is 0 Å². The quantitative estimate of drug-likeness (QED) is 0.113. The Morgan fingerprint density at radius 3 is 1.83 bits per heavy atom. The van der Waals surface area contributed by atoms with Gasteiger partial charge in [-0.25, -0.2) is 19.6 Å². The lowest BCUT2D eigenvalue weighted by Crippen LogP contribution is -2.51. The van der Waals surface area contributed by atoms with Crippen molar-refractivity contribution in [2.24, 2.45) is 11.8 Å². The number of nitrogens with one attached hydrogen (secondary N) is 4. The van der Waals surface area contributed by atoms with Crippen molar-refractivity contribution in [1.82, 2.24) is 40.4 Å². The number of nitrogens with zero attached hydrogens (tertiary/aromatic N) is 4. The number of ether oxygens (including phenoxy) is 2. The number of aromatic amines is 2. The fourth-order valence-corrected chi connectivity index (χ4v) is 8.20. The fourth-order valence-electron chi connectivity index (χ4n) is 7.93. The van der Waals surface area contributed by atoms with Crippen LogP contribution in [0.2, 0.25) is 5.02 Å². The number of benzene rings is 2. The summed E-state index contributed by atoms with van der Waals surface area (Å²) in [5.74, 6) is 0.444. The maximum Gasteiger partial charge on any atom is 0.407 e. The number of fused-ring (bicyclic) bond motifs is 2. The largest absolute Gasteiger partial charge is 0.456 e. The number of alkyl carbamates (subject to hydrolysis) is 2. The van der Waals surface area contributed by atoms with E-state index in [1.807, 2.05) is 33.8 Å². The lowest BCUT2D eigenvalue weighted by atomic mass is 10.0. The molecule has 3 aromatic heterocycles. The molecule has 2 fully saturated rings. The molecule has 4 N–H and O–H groups in total. The van der Waals surface area contributed by atoms with Crippen LogP contribution in [0.4, 0.5) is 9.59 Å². The summed E-state index contributed by atoms with van der Waals surface area (Å²) >= 11 is 6.83. The van der Waals surface area contributed by atoms with Gasteiger partial charge in [-0.2, -0.15) is 0 Å². The highest BCUT2D eigenvalue weighted by atomic mass is 35.5. The standard InChI is InChI=1S/C41H47ClN8O8/c1-20(2)33(47-40(54)56-5)38(52)49-13-7-9-29(49)36-43-18-27(45-36)22-11-12-31-24(15-22)35(51)25-16-26(42)23(17-32(25)58-31)28-19-44-37(46-28)30-10-8-14-50(30)39(53)34(21(3)4)48-41(55)57-6/h11-12,15-21,29-30,33-34H,7-10,13-14H2,1-6H3,(H,43,45)(H,44,46)(H,47,54)(H,48,55)/t29-,30-,33-,34-/m0/s1. The molecule has 16 nitrogen and oxygen atoms in total. The van der Waals surface area contributed by atoms with Gasteiger partial charge in [0.25, 0.3) is 0 Å². The number of carbonyl (C=O) groups excluding carboxylic acids is 4. The third-order valence-electron chi connectivity index (χ3n) is 11.0. The summed E-state index contributed by atoms with van der Waals surface area (Å²) in [6.07, 6.45) is 4.92. The van der Waals surface area contributed by atoms with Crippen LogP contribution in [0.1, 0.15) is 77.1 Å². The average Bonchev–Trinajstić information content (AvgIpc) is 4.05. The summed E-state index contributed by atoms with van der Waals surface area (Å²) in [4.78, 5) is 84.6. The number of H-pyrrole nitrogens is 2. The molecule has 2 aliphatic heterocycles. The Hall–Kier alpha value is -5.90. The lowest BCUT2D eigenvalue weighted by Gasteiger charge is -2.30. The summed E-state index contributed by atoms with van der Waals surface area (Å²) in [5, 5.41) is 6.29. The van der Waals surface area contributed by atoms with Gasteiger partial charge in [0.1, 0.15) is 34.9 Å². The molecule has 2 aliphatic rings. The van der Waals surface area contributed by atoms with Crippen LogP contribution >= 0.6 is 11.6 Å². The Labute approximate surface area is 339 Å². The van der Waals surface area contributed by atoms with Gasteiger partial charge in [0.2, 0.25) is 17.2 Å². The fraction of sp³-hybridized carbons (Fsp3) is 0.439. The molecule has 2 aromatic carbocycles. The second kappa shape index (κ2) is 16.5. The molecular formula is C41H47ClN8O8. The predicted octanol–water partition coefficient (Wildman–Crippen LogP) is 6.47. The van der Waals surface area contributed by atoms with E-state index in [0.717, 1.165) is 12.8 Å². The molecule has 58 heavy (non-hydrogen) atoms. The van der Waals surface area contributed by atoms with Crippen LogP contribution in [0.25, 0.3) is 44.5 Å². The number of likely N-dealkylation sites (tertiary alicyclic amines) is 2. The number of halogens is 1. The van der Waals surface area contributed by atoms with Gasteiger partial charge in [-0.15, -0.1) is 0 Å². The predicted molar refractivity (Wildman–Crippen MR) is 216 cm³/mol. The zero-order chi connectivity index (χ0) is 41.4. The van der Waals surface area contributed by atoms with E-state index in [1.165, 1.54) is 14.2 Å². The molecule has 2 saturated heterocycles. The first kappa shape index (κ1) is 40.3. The molecule has 17 heteroatoms. The van der Waals surface area contributed by atoms with Gasteiger partial charge in [-0.3, -0.25) is 14.4 Å². The molecule has 0 bridgehead atoms. The minimum Gasteiger partial charge on any atom is -0.456 e. The van der Waals surface area contributed by atoms with Crippen molar-refractivity contribution in [3.8, 4) is 22.5 Å². The molecular weight excluding hydrogens is 768 g/mol. The van der Waals surface area contributed by atoms with Gasteiger partial charge in [-0.05, 0) is 67.9 Å². The normalized spacial score (nSPS) is 17.9. The molecule has 306 valence electrons. The number of amides is 4. The summed E-state index contributed by atoms with van der Waals surface area (Å²) < 4.78 is 15.8. The van der Waals surface area contributed by atoms with Gasteiger partial charge in [0, 0.05) is 24.2 Å². The van der Waals surface area contributed by atoms with Crippen molar-refractivity contribution in [2.45, 2.75) is 77.5 Å². The number of carbonyl (C=O) groups is 4. The molecule has 5 heterocycles. The Balaban J connectivity index is 1.13. The zero-order valence-corrected chi connectivity index (χ0v) is 33.9. The topological polar surface area (TPSA) is 205 Å². The molecule has 7 rings (SSSR count). The van der Waals surface area contributed by atoms with E-state index >= 15 is 0 Å². The first-order valence-corrected chi connectivity index (χ1v) is 19.8. The number of methoxy groups -OCH3 is 2. The van der Waals surface area contributed by atoms with E-state index in [9.17, 15) is 24.0 Å². The zero-order valence-electron chi connectivity index (χ0n) is 33.2. The molecule has 4 amide bonds. The van der Waals surface area contributed by atoms with Gasteiger partial charge in [0.05, 0.1) is 65.9 Å². The Morgan fingerprint density at radius 1 is 0.776 bits per heavy atom. The highest BCUT2D eigenvalue weighted by Gasteiger charge is 2.39. The SMILES string of the molecule is COC(=O)N[C@H](C(=O)N1CCC[C@H]1c1ncc(-c2ccc3oc4cc(-c5cnc([C@@H]6CCCN6C(=O)[C@@H](NC(=O)OC)C(C)C)[nH]5)c(Cl)cc4c(=O)c3c2)[nH]1)C(C)C. The molecule has 4 atom stereocenters. The smallest absolute Gasteiger partial charge is 0.407 e. The summed E-state index contributed by atoms with van der Waals surface area (Å²) in [5.41, 5.74) is 2.98. The Bertz CT molecular complexity index is 2440. The van der Waals surface area contributed by atoms with Crippen LogP contribution in [0.15, 0.2) is 51.9 Å². The minimum atomic E-state index is -0.759. The van der Waals surface area contributed by atoms with Gasteiger partial charge in [-0.1, -0.05) is 39.3 Å². The Morgan fingerprint density at radius 2 is 1.29 bits per heavy atom. The minimum absolute atomic E-state index is 0.158. The molecule has 0 radical (unpaired) electrons. The third-order valence-corrected chi connectivity index (χ3v) is 11.3. The van der Waals surface area contributed by atoms with Crippen molar-refractivity contribution >= 4 is 57.5 Å². The molecule has 0 saturated carbocycles. The molecule has 5 aromatic rings. The van der Waals surface area contributed by atoms with Crippen molar-refractivity contribution in [2.75, 3.05) is 27.3 Å². The number of imidazole rings is 2. The van der Waals surface area contributed by atoms with Crippen molar-refractivity contribution in [3.63, 3.8) is 0 Å². The van der Waals surface area contributed by atoms with E-state index in [4.69, 9.17) is 25.5 Å². The number of hydrogen-bond donors (Lipinski definition) is 4.